The predicted molar refractivity (Wildman–Crippen MR) is 97.8 cm³/mol. The number of hydrogen-bond donors (Lipinski definition) is 4. The molecular formula is C18H23N7O. The Morgan fingerprint density at radius 1 is 1.15 bits per heavy atom. The third-order valence-corrected chi connectivity index (χ3v) is 4.88. The van der Waals surface area contributed by atoms with Gasteiger partial charge in [-0.1, -0.05) is 30.3 Å². The molecular weight excluding hydrogens is 330 g/mol. The van der Waals surface area contributed by atoms with Gasteiger partial charge in [0, 0.05) is 25.3 Å². The van der Waals surface area contributed by atoms with Gasteiger partial charge in [-0.25, -0.2) is 10.9 Å². The van der Waals surface area contributed by atoms with Crippen LogP contribution in [0, 0.1) is 0 Å². The normalized spacial score (nSPS) is 25.8. The van der Waals surface area contributed by atoms with E-state index in [1.165, 1.54) is 0 Å². The van der Waals surface area contributed by atoms with Crippen molar-refractivity contribution in [2.45, 2.75) is 31.0 Å². The Bertz CT molecular complexity index is 727. The van der Waals surface area contributed by atoms with E-state index in [-0.39, 0.29) is 24.0 Å². The van der Waals surface area contributed by atoms with Crippen LogP contribution in [0.5, 0.6) is 0 Å². The summed E-state index contributed by atoms with van der Waals surface area (Å²) in [6.45, 7) is 1.68. The first-order chi connectivity index (χ1) is 12.8. The lowest BCUT2D eigenvalue weighted by Gasteiger charge is -2.34. The maximum absolute atomic E-state index is 12.8. The number of hydrazine groups is 2. The number of nitrogens with one attached hydrogen (secondary N) is 4. The number of carbonyl (C=O) groups is 1. The molecule has 3 unspecified atom stereocenters. The highest BCUT2D eigenvalue weighted by molar-refractivity contribution is 5.83. The summed E-state index contributed by atoms with van der Waals surface area (Å²) in [5.74, 6) is 0.846. The minimum absolute atomic E-state index is 0.0117. The molecule has 8 heteroatoms. The molecule has 0 spiro atoms. The Balaban J connectivity index is 1.39. The minimum Gasteiger partial charge on any atom is -0.353 e. The second-order valence-electron chi connectivity index (χ2n) is 6.66. The second-order valence-corrected chi connectivity index (χ2v) is 6.66. The molecule has 136 valence electrons. The van der Waals surface area contributed by atoms with Crippen molar-refractivity contribution in [2.75, 3.05) is 18.0 Å². The van der Waals surface area contributed by atoms with Gasteiger partial charge >= 0.3 is 0 Å². The van der Waals surface area contributed by atoms with Gasteiger partial charge in [-0.05, 0) is 30.5 Å². The highest BCUT2D eigenvalue weighted by atomic mass is 16.2. The number of rotatable bonds is 4. The number of hydrogen-bond acceptors (Lipinski definition) is 7. The average molecular weight is 353 g/mol. The van der Waals surface area contributed by atoms with Crippen LogP contribution in [-0.4, -0.2) is 41.3 Å². The molecule has 8 nitrogen and oxygen atoms in total. The maximum Gasteiger partial charge on any atom is 0.240 e. The van der Waals surface area contributed by atoms with Crippen LogP contribution in [0.25, 0.3) is 0 Å². The van der Waals surface area contributed by atoms with Crippen LogP contribution in [0.4, 0.5) is 5.82 Å². The zero-order valence-electron chi connectivity index (χ0n) is 14.4. The Hall–Kier alpha value is -2.55. The van der Waals surface area contributed by atoms with Crippen molar-refractivity contribution in [1.82, 2.24) is 31.9 Å². The molecule has 3 atom stereocenters. The summed E-state index contributed by atoms with van der Waals surface area (Å²) in [5, 5.41) is 11.3. The molecule has 0 saturated carbocycles. The molecule has 0 aliphatic carbocycles. The number of amides is 1. The first-order valence-corrected chi connectivity index (χ1v) is 8.95. The fraction of sp³-hybridized carbons (Fsp3) is 0.389. The molecule has 2 aliphatic heterocycles. The predicted octanol–water partition coefficient (Wildman–Crippen LogP) is 0.284. The van der Waals surface area contributed by atoms with Crippen LogP contribution >= 0.6 is 0 Å². The number of anilines is 1. The quantitative estimate of drug-likeness (QED) is 0.627. The van der Waals surface area contributed by atoms with E-state index in [0.29, 0.717) is 0 Å². The first-order valence-electron chi connectivity index (χ1n) is 8.95. The van der Waals surface area contributed by atoms with Gasteiger partial charge in [0.1, 0.15) is 6.04 Å². The lowest BCUT2D eigenvalue weighted by Crippen LogP contribution is -2.53. The summed E-state index contributed by atoms with van der Waals surface area (Å²) < 4.78 is 0. The van der Waals surface area contributed by atoms with Crippen LogP contribution < -0.4 is 26.6 Å². The van der Waals surface area contributed by atoms with E-state index in [0.717, 1.165) is 37.3 Å². The molecule has 0 bridgehead atoms. The first kappa shape index (κ1) is 16.9. The molecule has 2 fully saturated rings. The van der Waals surface area contributed by atoms with Gasteiger partial charge in [-0.2, -0.15) is 10.6 Å². The highest BCUT2D eigenvalue weighted by Crippen LogP contribution is 2.20. The van der Waals surface area contributed by atoms with Crippen molar-refractivity contribution in [2.24, 2.45) is 0 Å². The smallest absolute Gasteiger partial charge is 0.240 e. The number of nitrogens with zero attached hydrogens (tertiary/aromatic N) is 3. The van der Waals surface area contributed by atoms with Gasteiger partial charge in [-0.3, -0.25) is 4.79 Å². The zero-order chi connectivity index (χ0) is 17.8. The van der Waals surface area contributed by atoms with E-state index in [1.54, 1.807) is 6.20 Å². The maximum atomic E-state index is 12.8. The lowest BCUT2D eigenvalue weighted by molar-refractivity contribution is -0.124. The number of piperidine rings is 1. The van der Waals surface area contributed by atoms with Gasteiger partial charge in [0.15, 0.2) is 5.82 Å². The summed E-state index contributed by atoms with van der Waals surface area (Å²) in [4.78, 5) is 15.0. The van der Waals surface area contributed by atoms with E-state index in [9.17, 15) is 4.79 Å². The monoisotopic (exact) mass is 353 g/mol. The second kappa shape index (κ2) is 7.77. The third kappa shape index (κ3) is 3.67. The number of aromatic nitrogens is 2. The standard InChI is InChI=1S/C18H23N7O/c26-18(17-16(22-24-23-17)13-6-2-1-3-7-13)20-14-8-5-11-25(12-14)15-9-4-10-19-21-15/h1-4,6-7,9-10,14,16-17,22-24H,5,8,11-12H2,(H,20,26). The topological polar surface area (TPSA) is 94.2 Å². The fourth-order valence-corrected chi connectivity index (χ4v) is 3.57. The highest BCUT2D eigenvalue weighted by Gasteiger charge is 2.35. The molecule has 4 rings (SSSR count). The van der Waals surface area contributed by atoms with E-state index in [2.05, 4.69) is 36.8 Å². The molecule has 0 radical (unpaired) electrons. The van der Waals surface area contributed by atoms with Crippen molar-refractivity contribution in [3.05, 3.63) is 54.2 Å². The third-order valence-electron chi connectivity index (χ3n) is 4.88. The summed E-state index contributed by atoms with van der Waals surface area (Å²) >= 11 is 0. The average Bonchev–Trinajstić information content (AvgIpc) is 3.20. The van der Waals surface area contributed by atoms with Crippen LogP contribution in [0.2, 0.25) is 0 Å². The van der Waals surface area contributed by atoms with Gasteiger partial charge in [0.25, 0.3) is 0 Å². The van der Waals surface area contributed by atoms with Crippen LogP contribution in [0.15, 0.2) is 48.7 Å². The summed E-state index contributed by atoms with van der Waals surface area (Å²) in [7, 11) is 0. The molecule has 26 heavy (non-hydrogen) atoms. The van der Waals surface area contributed by atoms with E-state index >= 15 is 0 Å². The fourth-order valence-electron chi connectivity index (χ4n) is 3.57. The largest absolute Gasteiger partial charge is 0.353 e. The van der Waals surface area contributed by atoms with Crippen LogP contribution in [0.3, 0.4) is 0 Å². The van der Waals surface area contributed by atoms with Crippen molar-refractivity contribution in [3.63, 3.8) is 0 Å². The summed E-state index contributed by atoms with van der Waals surface area (Å²) in [5.41, 5.74) is 10.1. The van der Waals surface area contributed by atoms with E-state index in [4.69, 9.17) is 0 Å². The van der Waals surface area contributed by atoms with Gasteiger partial charge in [0.2, 0.25) is 5.91 Å². The van der Waals surface area contributed by atoms with Crippen molar-refractivity contribution in [1.29, 1.82) is 0 Å². The van der Waals surface area contributed by atoms with E-state index in [1.807, 2.05) is 42.5 Å². The van der Waals surface area contributed by atoms with E-state index < -0.39 is 0 Å². The van der Waals surface area contributed by atoms with Gasteiger partial charge < -0.3 is 10.2 Å². The molecule has 2 saturated heterocycles. The molecule has 2 aromatic rings. The van der Waals surface area contributed by atoms with Gasteiger partial charge in [-0.15, -0.1) is 5.10 Å². The molecule has 1 aromatic carbocycles. The molecule has 3 heterocycles. The summed E-state index contributed by atoms with van der Waals surface area (Å²) in [6.07, 6.45) is 3.65. The Morgan fingerprint density at radius 2 is 2.04 bits per heavy atom. The van der Waals surface area contributed by atoms with Gasteiger partial charge in [0.05, 0.1) is 6.04 Å². The lowest BCUT2D eigenvalue weighted by atomic mass is 9.99. The Morgan fingerprint density at radius 3 is 2.85 bits per heavy atom. The Labute approximate surface area is 152 Å². The van der Waals surface area contributed by atoms with Crippen molar-refractivity contribution >= 4 is 11.7 Å². The van der Waals surface area contributed by atoms with Crippen molar-refractivity contribution < 1.29 is 4.79 Å². The molecule has 4 N–H and O–H groups in total. The minimum atomic E-state index is -0.371. The van der Waals surface area contributed by atoms with Crippen LogP contribution in [0.1, 0.15) is 24.4 Å². The number of benzene rings is 1. The molecule has 1 aromatic heterocycles. The summed E-state index contributed by atoms with van der Waals surface area (Å²) in [6, 6.07) is 13.4. The SMILES string of the molecule is O=C(NC1CCCN(c2cccnn2)C1)C1NNNC1c1ccccc1. The Kier molecular flexibility index (Phi) is 5.05. The van der Waals surface area contributed by atoms with Crippen LogP contribution in [-0.2, 0) is 4.79 Å². The molecule has 1 amide bonds. The molecule has 2 aliphatic rings. The van der Waals surface area contributed by atoms with Crippen molar-refractivity contribution in [3.8, 4) is 0 Å². The zero-order valence-corrected chi connectivity index (χ0v) is 14.4. The number of carbonyl (C=O) groups excluding carboxylic acids is 1.